The van der Waals surface area contributed by atoms with E-state index in [4.69, 9.17) is 0 Å². The molecule has 0 aliphatic rings. The van der Waals surface area contributed by atoms with E-state index in [1.807, 2.05) is 0 Å². The average molecular weight is 241 g/mol. The zero-order valence-corrected chi connectivity index (χ0v) is 13.3. The molecule has 0 heterocycles. The Labute approximate surface area is 105 Å². The molecular formula is C14H31NSi. The van der Waals surface area contributed by atoms with Gasteiger partial charge in [0, 0.05) is 0 Å². The van der Waals surface area contributed by atoms with Crippen molar-refractivity contribution < 1.29 is 0 Å². The second kappa shape index (κ2) is 11.4. The summed E-state index contributed by atoms with van der Waals surface area (Å²) in [5.41, 5.74) is 4.26. The summed E-state index contributed by atoms with van der Waals surface area (Å²) >= 11 is 0. The van der Waals surface area contributed by atoms with Crippen LogP contribution in [0, 0.1) is 0 Å². The highest BCUT2D eigenvalue weighted by molar-refractivity contribution is 6.39. The lowest BCUT2D eigenvalue weighted by Gasteiger charge is -2.20. The van der Waals surface area contributed by atoms with Crippen molar-refractivity contribution in [2.75, 3.05) is 13.1 Å². The van der Waals surface area contributed by atoms with E-state index in [0.717, 1.165) is 0 Å². The summed E-state index contributed by atoms with van der Waals surface area (Å²) in [7, 11) is -0.113. The fourth-order valence-electron chi connectivity index (χ4n) is 1.85. The van der Waals surface area contributed by atoms with Crippen molar-refractivity contribution in [1.29, 1.82) is 0 Å². The predicted molar refractivity (Wildman–Crippen MR) is 78.6 cm³/mol. The molecule has 0 bridgehead atoms. The molecule has 0 saturated heterocycles. The van der Waals surface area contributed by atoms with Crippen LogP contribution in [0.5, 0.6) is 0 Å². The molecule has 0 N–H and O–H groups in total. The first-order valence-corrected chi connectivity index (χ1v) is 8.63. The Morgan fingerprint density at radius 3 is 1.81 bits per heavy atom. The molecule has 0 spiro atoms. The minimum Gasteiger partial charge on any atom is -0.325 e. The van der Waals surface area contributed by atoms with Crippen molar-refractivity contribution in [1.82, 2.24) is 4.57 Å². The predicted octanol–water partition coefficient (Wildman–Crippen LogP) is 3.68. The first kappa shape index (κ1) is 15.9. The first-order valence-electron chi connectivity index (χ1n) is 7.18. The molecule has 0 radical (unpaired) electrons. The van der Waals surface area contributed by atoms with Crippen LogP contribution in [0.25, 0.3) is 0 Å². The minimum atomic E-state index is -0.113. The van der Waals surface area contributed by atoms with Gasteiger partial charge in [0.15, 0.2) is 0 Å². The zero-order valence-electron chi connectivity index (χ0n) is 11.9. The van der Waals surface area contributed by atoms with E-state index in [0.29, 0.717) is 0 Å². The van der Waals surface area contributed by atoms with E-state index < -0.39 is 0 Å². The largest absolute Gasteiger partial charge is 0.325 e. The van der Waals surface area contributed by atoms with Gasteiger partial charge >= 0.3 is 0 Å². The highest BCUT2D eigenvalue weighted by Crippen LogP contribution is 2.05. The van der Waals surface area contributed by atoms with Gasteiger partial charge < -0.3 is 4.57 Å². The maximum atomic E-state index is 2.75. The maximum absolute atomic E-state index is 2.75. The van der Waals surface area contributed by atoms with Gasteiger partial charge in [-0.05, 0) is 38.8 Å². The molecule has 0 aromatic carbocycles. The lowest BCUT2D eigenvalue weighted by atomic mass is 10.2. The van der Waals surface area contributed by atoms with Gasteiger partial charge in [-0.25, -0.2) is 0 Å². The molecule has 0 fully saturated rings. The minimum absolute atomic E-state index is 0.113. The van der Waals surface area contributed by atoms with Crippen LogP contribution in [0.2, 0.25) is 0 Å². The summed E-state index contributed by atoms with van der Waals surface area (Å²) < 4.78 is 2.75. The summed E-state index contributed by atoms with van der Waals surface area (Å²) in [6, 6.07) is 0. The van der Waals surface area contributed by atoms with E-state index in [2.05, 4.69) is 38.0 Å². The lowest BCUT2D eigenvalue weighted by molar-refractivity contribution is 0.423. The molecular weight excluding hydrogens is 210 g/mol. The quantitative estimate of drug-likeness (QED) is 0.528. The topological polar surface area (TPSA) is 3.24 Å². The van der Waals surface area contributed by atoms with Crippen molar-refractivity contribution >= 4 is 9.68 Å². The van der Waals surface area contributed by atoms with E-state index in [9.17, 15) is 0 Å². The Morgan fingerprint density at radius 1 is 0.938 bits per heavy atom. The number of unbranched alkanes of at least 4 members (excludes halogenated alkanes) is 2. The van der Waals surface area contributed by atoms with Crippen LogP contribution >= 0.6 is 0 Å². The van der Waals surface area contributed by atoms with E-state index in [-0.39, 0.29) is 9.68 Å². The monoisotopic (exact) mass is 241 g/mol. The second-order valence-corrected chi connectivity index (χ2v) is 6.25. The third-order valence-corrected chi connectivity index (χ3v) is 5.11. The Bertz CT molecular complexity index is 164. The fourth-order valence-corrected chi connectivity index (χ4v) is 3.76. The van der Waals surface area contributed by atoms with Crippen molar-refractivity contribution in [2.45, 2.75) is 66.2 Å². The fraction of sp³-hybridized carbons (Fsp3) is 0.857. The van der Waals surface area contributed by atoms with Crippen molar-refractivity contribution in [3.63, 3.8) is 0 Å². The number of nitrogens with zero attached hydrogens (tertiary/aromatic N) is 1. The summed E-state index contributed by atoms with van der Waals surface area (Å²) in [5, 5.41) is 0. The third-order valence-electron chi connectivity index (χ3n) is 3.20. The lowest BCUT2D eigenvalue weighted by Crippen LogP contribution is -2.29. The molecule has 1 nitrogen and oxygen atoms in total. The van der Waals surface area contributed by atoms with Crippen LogP contribution in [0.4, 0.5) is 0 Å². The normalized spacial score (nSPS) is 11.6. The van der Waals surface area contributed by atoms with Gasteiger partial charge in [0.2, 0.25) is 0 Å². The third kappa shape index (κ3) is 8.11. The molecule has 0 rings (SSSR count). The SMILES string of the molecule is CCCCN(CCCC)[SiH2]C=C(CC)CC. The number of allylic oxidation sites excluding steroid dienone is 1. The molecule has 0 saturated carbocycles. The Hall–Kier alpha value is -0.0831. The molecule has 16 heavy (non-hydrogen) atoms. The Morgan fingerprint density at radius 2 is 1.44 bits per heavy atom. The highest BCUT2D eigenvalue weighted by Gasteiger charge is 2.02. The van der Waals surface area contributed by atoms with Gasteiger partial charge in [-0.3, -0.25) is 0 Å². The molecule has 0 aliphatic carbocycles. The van der Waals surface area contributed by atoms with Crippen molar-refractivity contribution in [2.24, 2.45) is 0 Å². The smallest absolute Gasteiger partial charge is 0.119 e. The van der Waals surface area contributed by atoms with E-state index >= 15 is 0 Å². The Kier molecular flexibility index (Phi) is 11.3. The Balaban J connectivity index is 4.02. The standard InChI is InChI=1S/C14H31NSi/c1-5-9-11-15(12-10-6-2)16-13-14(7-3)8-4/h13H,5-12,16H2,1-4H3. The van der Waals surface area contributed by atoms with E-state index in [1.165, 1.54) is 51.6 Å². The van der Waals surface area contributed by atoms with Gasteiger partial charge in [-0.2, -0.15) is 0 Å². The second-order valence-electron chi connectivity index (χ2n) is 4.58. The van der Waals surface area contributed by atoms with Crippen LogP contribution in [-0.2, 0) is 0 Å². The summed E-state index contributed by atoms with van der Waals surface area (Å²) in [4.78, 5) is 0. The van der Waals surface area contributed by atoms with Crippen LogP contribution in [0.3, 0.4) is 0 Å². The summed E-state index contributed by atoms with van der Waals surface area (Å²) in [6.07, 6.45) is 7.90. The molecule has 0 atom stereocenters. The van der Waals surface area contributed by atoms with Gasteiger partial charge in [0.1, 0.15) is 9.68 Å². The average Bonchev–Trinajstić information content (AvgIpc) is 2.32. The molecule has 0 aromatic rings. The highest BCUT2D eigenvalue weighted by atomic mass is 28.2. The zero-order chi connectivity index (χ0) is 12.2. The molecule has 2 heteroatoms. The summed E-state index contributed by atoms with van der Waals surface area (Å²) in [6.45, 7) is 11.8. The number of hydrogen-bond donors (Lipinski definition) is 0. The van der Waals surface area contributed by atoms with Crippen LogP contribution in [0.1, 0.15) is 66.2 Å². The maximum Gasteiger partial charge on any atom is 0.119 e. The van der Waals surface area contributed by atoms with Crippen LogP contribution in [-0.4, -0.2) is 27.3 Å². The van der Waals surface area contributed by atoms with Gasteiger partial charge in [-0.1, -0.05) is 51.8 Å². The van der Waals surface area contributed by atoms with Gasteiger partial charge in [0.25, 0.3) is 0 Å². The van der Waals surface area contributed by atoms with E-state index in [1.54, 1.807) is 5.57 Å². The molecule has 0 aliphatic heterocycles. The molecule has 96 valence electrons. The van der Waals surface area contributed by atoms with Gasteiger partial charge in [0.05, 0.1) is 0 Å². The van der Waals surface area contributed by atoms with Crippen molar-refractivity contribution in [3.8, 4) is 0 Å². The van der Waals surface area contributed by atoms with Crippen LogP contribution in [0.15, 0.2) is 11.3 Å². The molecule has 0 aromatic heterocycles. The first-order chi connectivity index (χ1) is 7.78. The molecule has 0 amide bonds. The van der Waals surface area contributed by atoms with Gasteiger partial charge in [-0.15, -0.1) is 0 Å². The van der Waals surface area contributed by atoms with Crippen molar-refractivity contribution in [3.05, 3.63) is 11.3 Å². The number of rotatable bonds is 10. The number of hydrogen-bond acceptors (Lipinski definition) is 1. The van der Waals surface area contributed by atoms with Crippen LogP contribution < -0.4 is 0 Å². The summed E-state index contributed by atoms with van der Waals surface area (Å²) in [5.74, 6) is 0. The molecule has 0 unspecified atom stereocenters.